The van der Waals surface area contributed by atoms with Crippen LogP contribution in [0.3, 0.4) is 0 Å². The number of hydrogen-bond donors (Lipinski definition) is 7. The molecule has 0 spiro atoms. The molecule has 0 amide bonds. The summed E-state index contributed by atoms with van der Waals surface area (Å²) in [7, 11) is 1.57. The number of rotatable bonds is 15. The van der Waals surface area contributed by atoms with E-state index in [2.05, 4.69) is 20.4 Å². The fraction of sp³-hybridized carbons (Fsp3) is 0.439. The van der Waals surface area contributed by atoms with Crippen molar-refractivity contribution in [3.8, 4) is 34.0 Å². The number of aliphatic hydroxyl groups is 5. The van der Waals surface area contributed by atoms with Gasteiger partial charge >= 0.3 is 11.9 Å². The van der Waals surface area contributed by atoms with Gasteiger partial charge in [0, 0.05) is 48.3 Å². The second-order valence-electron chi connectivity index (χ2n) is 14.9. The summed E-state index contributed by atoms with van der Waals surface area (Å²) in [6.45, 7) is 5.46. The highest BCUT2D eigenvalue weighted by Crippen LogP contribution is 2.35. The maximum absolute atomic E-state index is 14.9. The molecule has 16 heteroatoms. The van der Waals surface area contributed by atoms with Crippen molar-refractivity contribution >= 4 is 17.7 Å². The normalized spacial score (nSPS) is 16.4. The summed E-state index contributed by atoms with van der Waals surface area (Å²) in [6, 6.07) is 21.7. The van der Waals surface area contributed by atoms with E-state index in [4.69, 9.17) is 29.7 Å². The van der Waals surface area contributed by atoms with Crippen molar-refractivity contribution < 1.29 is 58.7 Å². The van der Waals surface area contributed by atoms with Crippen molar-refractivity contribution in [1.82, 2.24) is 20.4 Å². The zero-order valence-electron chi connectivity index (χ0n) is 32.3. The van der Waals surface area contributed by atoms with E-state index in [1.807, 2.05) is 54.6 Å². The third-order valence-electron chi connectivity index (χ3n) is 9.76. The number of aliphatic carboxylic acids is 1. The number of ether oxygens (including phenoxy) is 1. The minimum atomic E-state index is -1.67. The number of aromatic nitrogens is 2. The van der Waals surface area contributed by atoms with Crippen molar-refractivity contribution in [2.45, 2.75) is 64.6 Å². The summed E-state index contributed by atoms with van der Waals surface area (Å²) < 4.78 is 25.5. The van der Waals surface area contributed by atoms with Gasteiger partial charge in [0.2, 0.25) is 5.82 Å². The molecule has 5 rings (SSSR count). The second kappa shape index (κ2) is 20.0. The van der Waals surface area contributed by atoms with Gasteiger partial charge in [0.25, 0.3) is 5.89 Å². The number of hydrogen-bond acceptors (Lipinski definition) is 14. The number of aliphatic hydroxyl groups excluding tert-OH is 5. The van der Waals surface area contributed by atoms with Gasteiger partial charge in [-0.3, -0.25) is 19.3 Å². The summed E-state index contributed by atoms with van der Waals surface area (Å²) >= 11 is 0. The van der Waals surface area contributed by atoms with Crippen LogP contribution in [-0.2, 0) is 25.7 Å². The Kier molecular flexibility index (Phi) is 15.7. The molecule has 0 radical (unpaired) electrons. The number of ketones is 1. The van der Waals surface area contributed by atoms with E-state index in [1.54, 1.807) is 40.0 Å². The second-order valence-corrected chi connectivity index (χ2v) is 14.9. The molecule has 1 saturated heterocycles. The van der Waals surface area contributed by atoms with Crippen molar-refractivity contribution in [2.75, 3.05) is 39.9 Å². The highest BCUT2D eigenvalue weighted by Gasteiger charge is 2.50. The smallest absolute Gasteiger partial charge is 0.324 e. The van der Waals surface area contributed by atoms with Gasteiger partial charge in [-0.05, 0) is 43.1 Å². The first-order valence-electron chi connectivity index (χ1n) is 18.4. The SMILES string of the molecule is CC(C)(C)C(=O)COC(=O)C1(C(=O)O)CCN(Cc2ccc(-c3noc(-c4ccc(-c5ccccc5)c(F)c4)n3)cc2)CC1.CNC[C@H](O)[C@@H](O)[C@H](O)[C@H](O)CO. The third kappa shape index (κ3) is 11.6. The first-order chi connectivity index (χ1) is 27.0. The van der Waals surface area contributed by atoms with Crippen molar-refractivity contribution in [2.24, 2.45) is 10.8 Å². The Morgan fingerprint density at radius 1 is 0.912 bits per heavy atom. The van der Waals surface area contributed by atoms with E-state index < -0.39 is 60.4 Å². The molecule has 1 aromatic heterocycles. The summed E-state index contributed by atoms with van der Waals surface area (Å²) in [4.78, 5) is 43.6. The molecule has 0 aliphatic carbocycles. The van der Waals surface area contributed by atoms with Gasteiger partial charge in [-0.25, -0.2) is 4.39 Å². The number of carboxylic acid groups (broad SMARTS) is 1. The Morgan fingerprint density at radius 2 is 1.53 bits per heavy atom. The van der Waals surface area contributed by atoms with Crippen LogP contribution in [0.15, 0.2) is 77.3 Å². The average Bonchev–Trinajstić information content (AvgIpc) is 3.70. The largest absolute Gasteiger partial charge is 0.480 e. The predicted molar refractivity (Wildman–Crippen MR) is 206 cm³/mol. The van der Waals surface area contributed by atoms with Crippen molar-refractivity contribution in [3.05, 3.63) is 84.2 Å². The average molecular weight is 795 g/mol. The molecule has 7 N–H and O–H groups in total. The standard InChI is InChI=1S/C34H34FN3O6.C7H17NO5/c1-33(2,3)28(39)21-43-32(42)34(31(40)41)15-17-38(18-16-34)20-22-9-11-24(12-10-22)29-36-30(44-37-29)25-13-14-26(27(35)19-25)23-7-5-4-6-8-23;1-8-2-4(10)6(12)7(13)5(11)3-9/h4-14,19H,15-18,20-21H2,1-3H3,(H,40,41);4-13H,2-3H2,1H3/t;4-,5+,6+,7+/m.0/s1. The van der Waals surface area contributed by atoms with Crippen LogP contribution >= 0.6 is 0 Å². The topological polar surface area (TPSA) is 236 Å². The van der Waals surface area contributed by atoms with Crippen LogP contribution in [0.25, 0.3) is 34.0 Å². The van der Waals surface area contributed by atoms with Gasteiger partial charge in [-0.1, -0.05) is 86.6 Å². The number of likely N-dealkylation sites (tertiary alicyclic amines) is 1. The van der Waals surface area contributed by atoms with Gasteiger partial charge in [0.1, 0.15) is 24.1 Å². The van der Waals surface area contributed by atoms with E-state index in [0.717, 1.165) is 16.7 Å². The molecule has 0 bridgehead atoms. The van der Waals surface area contributed by atoms with Crippen LogP contribution in [-0.4, -0.2) is 128 Å². The lowest BCUT2D eigenvalue weighted by Gasteiger charge is -2.37. The van der Waals surface area contributed by atoms with Gasteiger partial charge in [-0.2, -0.15) is 4.98 Å². The molecule has 57 heavy (non-hydrogen) atoms. The Labute approximate surface area is 329 Å². The number of halogens is 1. The maximum Gasteiger partial charge on any atom is 0.324 e. The van der Waals surface area contributed by atoms with Gasteiger partial charge in [0.05, 0.1) is 12.7 Å². The molecular weight excluding hydrogens is 743 g/mol. The van der Waals surface area contributed by atoms with Gasteiger partial charge in [-0.15, -0.1) is 0 Å². The number of Topliss-reactive ketones (excluding diaryl/α,β-unsaturated/α-hetero) is 1. The molecule has 1 fully saturated rings. The molecule has 4 aromatic rings. The number of esters is 1. The summed E-state index contributed by atoms with van der Waals surface area (Å²) in [5, 5.41) is 61.4. The molecule has 3 aromatic carbocycles. The third-order valence-corrected chi connectivity index (χ3v) is 9.76. The van der Waals surface area contributed by atoms with E-state index in [1.165, 1.54) is 6.07 Å². The van der Waals surface area contributed by atoms with Crippen LogP contribution in [0.2, 0.25) is 0 Å². The number of carbonyl (C=O) groups is 3. The number of carboxylic acids is 1. The number of piperidine rings is 1. The van der Waals surface area contributed by atoms with E-state index in [9.17, 15) is 29.0 Å². The van der Waals surface area contributed by atoms with Crippen molar-refractivity contribution in [3.63, 3.8) is 0 Å². The summed E-state index contributed by atoms with van der Waals surface area (Å²) in [6.07, 6.45) is -5.48. The maximum atomic E-state index is 14.9. The minimum absolute atomic E-state index is 0.0848. The molecule has 0 saturated carbocycles. The monoisotopic (exact) mass is 794 g/mol. The lowest BCUT2D eigenvalue weighted by Crippen LogP contribution is -2.50. The number of carbonyl (C=O) groups excluding carboxylic acids is 2. The minimum Gasteiger partial charge on any atom is -0.480 e. The van der Waals surface area contributed by atoms with Crippen LogP contribution < -0.4 is 5.32 Å². The molecule has 2 heterocycles. The highest BCUT2D eigenvalue weighted by molar-refractivity contribution is 6.00. The Bertz CT molecular complexity index is 1930. The Hall–Kier alpha value is -4.94. The molecule has 15 nitrogen and oxygen atoms in total. The van der Waals surface area contributed by atoms with E-state index in [0.29, 0.717) is 36.6 Å². The van der Waals surface area contributed by atoms with Crippen LogP contribution in [0.1, 0.15) is 39.2 Å². The fourth-order valence-corrected chi connectivity index (χ4v) is 5.95. The number of benzene rings is 3. The van der Waals surface area contributed by atoms with E-state index in [-0.39, 0.29) is 36.9 Å². The molecule has 0 unspecified atom stereocenters. The molecule has 308 valence electrons. The number of likely N-dealkylation sites (N-methyl/N-ethyl adjacent to an activating group) is 1. The molecule has 1 aliphatic heterocycles. The van der Waals surface area contributed by atoms with Crippen LogP contribution in [0.5, 0.6) is 0 Å². The molecule has 4 atom stereocenters. The fourth-order valence-electron chi connectivity index (χ4n) is 5.95. The lowest BCUT2D eigenvalue weighted by atomic mass is 9.78. The highest BCUT2D eigenvalue weighted by atomic mass is 19.1. The molecule has 1 aliphatic rings. The number of nitrogens with one attached hydrogen (secondary N) is 1. The summed E-state index contributed by atoms with van der Waals surface area (Å²) in [5.41, 5.74) is 1.10. The predicted octanol–water partition coefficient (Wildman–Crippen LogP) is 2.68. The van der Waals surface area contributed by atoms with Crippen LogP contribution in [0.4, 0.5) is 4.39 Å². The summed E-state index contributed by atoms with van der Waals surface area (Å²) in [5.74, 6) is -2.17. The quantitative estimate of drug-likeness (QED) is 0.0677. The van der Waals surface area contributed by atoms with Gasteiger partial charge in [0.15, 0.2) is 17.8 Å². The number of nitrogens with zero attached hydrogens (tertiary/aromatic N) is 3. The lowest BCUT2D eigenvalue weighted by molar-refractivity contribution is -0.174. The van der Waals surface area contributed by atoms with Crippen LogP contribution in [0, 0.1) is 16.6 Å². The van der Waals surface area contributed by atoms with E-state index >= 15 is 0 Å². The Balaban J connectivity index is 0.000000476. The first kappa shape index (κ1) is 44.8. The Morgan fingerprint density at radius 3 is 2.09 bits per heavy atom. The van der Waals surface area contributed by atoms with Gasteiger partial charge < -0.3 is 45.2 Å². The zero-order valence-corrected chi connectivity index (χ0v) is 32.3. The van der Waals surface area contributed by atoms with Crippen molar-refractivity contribution in [1.29, 1.82) is 0 Å². The zero-order chi connectivity index (χ0) is 41.9. The molecular formula is C41H51FN4O11. The first-order valence-corrected chi connectivity index (χ1v) is 18.4.